The Morgan fingerprint density at radius 1 is 1.04 bits per heavy atom. The summed E-state index contributed by atoms with van der Waals surface area (Å²) < 4.78 is 0. The van der Waals surface area contributed by atoms with Crippen LogP contribution < -0.4 is 0 Å². The summed E-state index contributed by atoms with van der Waals surface area (Å²) in [5, 5.41) is 10.4. The number of aliphatic hydroxyl groups excluding tert-OH is 1. The Morgan fingerprint density at radius 3 is 2.18 bits per heavy atom. The maximum absolute atomic E-state index is 12.0. The van der Waals surface area contributed by atoms with Gasteiger partial charge in [0.2, 0.25) is 5.91 Å². The number of hydrogen-bond donors (Lipinski definition) is 1. The van der Waals surface area contributed by atoms with Gasteiger partial charge in [-0.2, -0.15) is 0 Å². The van der Waals surface area contributed by atoms with E-state index >= 15 is 0 Å². The Hall–Kier alpha value is -3.34. The summed E-state index contributed by atoms with van der Waals surface area (Å²) in [7, 11) is 0. The molecule has 3 aliphatic rings. The fourth-order valence-corrected chi connectivity index (χ4v) is 3.10. The molecule has 11 nitrogen and oxygen atoms in total. The average Bonchev–Trinajstić information content (AvgIpc) is 3.26. The second kappa shape index (κ2) is 7.72. The van der Waals surface area contributed by atoms with E-state index < -0.39 is 47.8 Å². The molecule has 0 radical (unpaired) electrons. The molecule has 0 aliphatic carbocycles. The molecule has 28 heavy (non-hydrogen) atoms. The van der Waals surface area contributed by atoms with Crippen molar-refractivity contribution in [2.24, 2.45) is 0 Å². The molecule has 3 rings (SSSR count). The zero-order valence-corrected chi connectivity index (χ0v) is 14.6. The molecule has 0 spiro atoms. The predicted molar refractivity (Wildman–Crippen MR) is 88.1 cm³/mol. The molecule has 3 aliphatic heterocycles. The topological polar surface area (TPSA) is 142 Å². The maximum Gasteiger partial charge on any atom is 0.333 e. The Labute approximate surface area is 158 Å². The van der Waals surface area contributed by atoms with Crippen molar-refractivity contribution in [1.82, 2.24) is 14.9 Å². The Balaban J connectivity index is 1.65. The van der Waals surface area contributed by atoms with Crippen molar-refractivity contribution in [2.75, 3.05) is 6.54 Å². The monoisotopic (exact) mass is 391 g/mol. The van der Waals surface area contributed by atoms with E-state index in [0.717, 1.165) is 28.0 Å². The molecule has 3 heterocycles. The molecule has 1 fully saturated rings. The quantitative estimate of drug-likeness (QED) is 0.511. The van der Waals surface area contributed by atoms with Crippen LogP contribution in [0.4, 0.5) is 0 Å². The lowest BCUT2D eigenvalue weighted by molar-refractivity contribution is -0.197. The summed E-state index contributed by atoms with van der Waals surface area (Å²) in [4.78, 5) is 77.4. The van der Waals surface area contributed by atoms with Gasteiger partial charge in [0.1, 0.15) is 6.23 Å². The summed E-state index contributed by atoms with van der Waals surface area (Å²) in [6, 6.07) is -0.872. The van der Waals surface area contributed by atoms with Gasteiger partial charge < -0.3 is 14.8 Å². The van der Waals surface area contributed by atoms with E-state index in [9.17, 15) is 33.9 Å². The van der Waals surface area contributed by atoms with Crippen molar-refractivity contribution in [3.05, 3.63) is 24.3 Å². The first-order chi connectivity index (χ1) is 13.3. The minimum atomic E-state index is -1.27. The van der Waals surface area contributed by atoms with Crippen molar-refractivity contribution in [2.45, 2.75) is 38.0 Å². The third-order valence-electron chi connectivity index (χ3n) is 4.52. The molecule has 2 unspecified atom stereocenters. The van der Waals surface area contributed by atoms with Crippen LogP contribution in [0.15, 0.2) is 24.3 Å². The van der Waals surface area contributed by atoms with Gasteiger partial charge >= 0.3 is 5.97 Å². The van der Waals surface area contributed by atoms with E-state index in [-0.39, 0.29) is 32.2 Å². The highest BCUT2D eigenvalue weighted by Crippen LogP contribution is 2.20. The summed E-state index contributed by atoms with van der Waals surface area (Å²) in [6.07, 6.45) is 2.80. The van der Waals surface area contributed by atoms with Gasteiger partial charge in [-0.05, 0) is 12.5 Å². The summed E-state index contributed by atoms with van der Waals surface area (Å²) in [6.45, 7) is -0.232. The molecule has 148 valence electrons. The number of imide groups is 2. The summed E-state index contributed by atoms with van der Waals surface area (Å²) >= 11 is 0. The van der Waals surface area contributed by atoms with Crippen molar-refractivity contribution in [3.8, 4) is 0 Å². The Morgan fingerprint density at radius 2 is 1.64 bits per heavy atom. The second-order valence-electron chi connectivity index (χ2n) is 6.38. The van der Waals surface area contributed by atoms with Crippen LogP contribution in [0.1, 0.15) is 25.7 Å². The van der Waals surface area contributed by atoms with Gasteiger partial charge in [-0.1, -0.05) is 0 Å². The molecule has 1 N–H and O–H groups in total. The van der Waals surface area contributed by atoms with Crippen molar-refractivity contribution < 1.29 is 38.7 Å². The normalized spacial score (nSPS) is 22.8. The number of aliphatic hydroxyl groups is 1. The van der Waals surface area contributed by atoms with Crippen molar-refractivity contribution in [1.29, 1.82) is 0 Å². The standard InChI is InChI=1S/C17H17N3O8/c21-11-2-3-12(22)18(11)9-10(19-13(23)4-5-14(19)24)1-8-17(27)28-20-15(25)6-7-16(20)26/h2-5,10,13,23H,1,6-9H2. The van der Waals surface area contributed by atoms with Crippen LogP contribution in [0, 0.1) is 0 Å². The third kappa shape index (κ3) is 3.83. The number of carbonyl (C=O) groups excluding carboxylic acids is 6. The van der Waals surface area contributed by atoms with E-state index in [2.05, 4.69) is 0 Å². The van der Waals surface area contributed by atoms with Crippen LogP contribution in [0.25, 0.3) is 0 Å². The third-order valence-corrected chi connectivity index (χ3v) is 4.52. The zero-order chi connectivity index (χ0) is 20.4. The molecule has 11 heteroatoms. The summed E-state index contributed by atoms with van der Waals surface area (Å²) in [5.41, 5.74) is 0. The average molecular weight is 391 g/mol. The van der Waals surface area contributed by atoms with Gasteiger partial charge in [-0.15, -0.1) is 5.06 Å². The SMILES string of the molecule is O=C(CCC(CN1C(=O)C=CC1=O)N1C(=O)C=CC1O)ON1C(=O)CCC1=O. The maximum atomic E-state index is 12.0. The highest BCUT2D eigenvalue weighted by atomic mass is 16.7. The van der Waals surface area contributed by atoms with Gasteiger partial charge in [-0.25, -0.2) is 4.79 Å². The van der Waals surface area contributed by atoms with Crippen LogP contribution in [0.5, 0.6) is 0 Å². The second-order valence-corrected chi connectivity index (χ2v) is 6.38. The van der Waals surface area contributed by atoms with Gasteiger partial charge in [0.25, 0.3) is 23.6 Å². The first kappa shape index (κ1) is 19.4. The molecule has 0 aromatic rings. The minimum absolute atomic E-state index is 0.0406. The van der Waals surface area contributed by atoms with Crippen molar-refractivity contribution in [3.63, 3.8) is 0 Å². The molecular formula is C17H17N3O8. The number of carbonyl (C=O) groups is 6. The van der Waals surface area contributed by atoms with Gasteiger partial charge in [-0.3, -0.25) is 28.9 Å². The lowest BCUT2D eigenvalue weighted by atomic mass is 10.1. The van der Waals surface area contributed by atoms with Crippen molar-refractivity contribution >= 4 is 35.5 Å². The smallest absolute Gasteiger partial charge is 0.333 e. The number of amides is 5. The van der Waals surface area contributed by atoms with Crippen LogP contribution in [0.3, 0.4) is 0 Å². The number of hydrogen-bond acceptors (Lipinski definition) is 8. The fourth-order valence-electron chi connectivity index (χ4n) is 3.10. The van der Waals surface area contributed by atoms with Crippen LogP contribution in [-0.4, -0.2) is 74.3 Å². The molecule has 5 amide bonds. The molecule has 2 atom stereocenters. The Bertz CT molecular complexity index is 783. The zero-order valence-electron chi connectivity index (χ0n) is 14.6. The van der Waals surface area contributed by atoms with Gasteiger partial charge in [0.15, 0.2) is 0 Å². The first-order valence-corrected chi connectivity index (χ1v) is 8.56. The highest BCUT2D eigenvalue weighted by Gasteiger charge is 2.37. The molecule has 0 saturated carbocycles. The van der Waals surface area contributed by atoms with E-state index in [1.54, 1.807) is 0 Å². The van der Waals surface area contributed by atoms with Crippen LogP contribution >= 0.6 is 0 Å². The van der Waals surface area contributed by atoms with Gasteiger partial charge in [0, 0.05) is 37.6 Å². The molecular weight excluding hydrogens is 374 g/mol. The number of hydroxylamine groups is 2. The first-order valence-electron chi connectivity index (χ1n) is 8.56. The van der Waals surface area contributed by atoms with E-state index in [1.807, 2.05) is 0 Å². The van der Waals surface area contributed by atoms with Crippen LogP contribution in [-0.2, 0) is 33.6 Å². The van der Waals surface area contributed by atoms with E-state index in [1.165, 1.54) is 6.08 Å². The number of rotatable bonds is 7. The highest BCUT2D eigenvalue weighted by molar-refractivity contribution is 6.13. The predicted octanol–water partition coefficient (Wildman–Crippen LogP) is -1.62. The van der Waals surface area contributed by atoms with Gasteiger partial charge in [0.05, 0.1) is 12.5 Å². The van der Waals surface area contributed by atoms with Crippen LogP contribution in [0.2, 0.25) is 0 Å². The molecule has 0 aromatic carbocycles. The molecule has 0 bridgehead atoms. The molecule has 1 saturated heterocycles. The number of nitrogens with zero attached hydrogens (tertiary/aromatic N) is 3. The Kier molecular flexibility index (Phi) is 5.36. The largest absolute Gasteiger partial charge is 0.370 e. The lowest BCUT2D eigenvalue weighted by Crippen LogP contribution is -2.50. The lowest BCUT2D eigenvalue weighted by Gasteiger charge is -2.32. The van der Waals surface area contributed by atoms with E-state index in [4.69, 9.17) is 4.84 Å². The van der Waals surface area contributed by atoms with E-state index in [0.29, 0.717) is 5.06 Å². The minimum Gasteiger partial charge on any atom is -0.370 e. The molecule has 0 aromatic heterocycles. The fraction of sp³-hybridized carbons (Fsp3) is 0.412. The summed E-state index contributed by atoms with van der Waals surface area (Å²) in [5.74, 6) is -3.81.